The van der Waals surface area contributed by atoms with Crippen molar-refractivity contribution in [3.8, 4) is 22.6 Å². The Labute approximate surface area is 133 Å². The van der Waals surface area contributed by atoms with E-state index in [2.05, 4.69) is 24.2 Å². The SMILES string of the molecule is Cc1cc(C)c(-c2cc(-c3cccc([N+](=O)[O-])c3)no2)c(C)c1. The molecule has 0 saturated heterocycles. The van der Waals surface area contributed by atoms with Crippen molar-refractivity contribution in [3.05, 3.63) is 69.3 Å². The van der Waals surface area contributed by atoms with Gasteiger partial charge in [0.2, 0.25) is 0 Å². The fraction of sp³-hybridized carbons (Fsp3) is 0.167. The van der Waals surface area contributed by atoms with E-state index in [0.717, 1.165) is 16.7 Å². The molecule has 0 atom stereocenters. The fourth-order valence-electron chi connectivity index (χ4n) is 2.88. The molecule has 1 aromatic heterocycles. The van der Waals surface area contributed by atoms with Gasteiger partial charge in [0, 0.05) is 29.3 Å². The molecule has 1 heterocycles. The van der Waals surface area contributed by atoms with Gasteiger partial charge in [0.15, 0.2) is 5.76 Å². The number of non-ortho nitro benzene ring substituents is 1. The zero-order chi connectivity index (χ0) is 16.6. The normalized spacial score (nSPS) is 10.7. The molecule has 0 aliphatic carbocycles. The van der Waals surface area contributed by atoms with Crippen LogP contribution in [0.4, 0.5) is 5.69 Å². The number of rotatable bonds is 3. The van der Waals surface area contributed by atoms with Crippen LogP contribution in [-0.4, -0.2) is 10.1 Å². The van der Waals surface area contributed by atoms with E-state index in [4.69, 9.17) is 4.52 Å². The third-order valence-corrected chi connectivity index (χ3v) is 3.79. The molecule has 0 radical (unpaired) electrons. The van der Waals surface area contributed by atoms with Crippen LogP contribution in [0.5, 0.6) is 0 Å². The first-order valence-electron chi connectivity index (χ1n) is 7.25. The second-order valence-electron chi connectivity index (χ2n) is 5.66. The summed E-state index contributed by atoms with van der Waals surface area (Å²) in [6.07, 6.45) is 0. The van der Waals surface area contributed by atoms with Crippen molar-refractivity contribution in [3.63, 3.8) is 0 Å². The van der Waals surface area contributed by atoms with Crippen molar-refractivity contribution in [2.24, 2.45) is 0 Å². The molecule has 3 rings (SSSR count). The van der Waals surface area contributed by atoms with E-state index in [1.165, 1.54) is 17.7 Å². The summed E-state index contributed by atoms with van der Waals surface area (Å²) < 4.78 is 5.49. The largest absolute Gasteiger partial charge is 0.356 e. The smallest absolute Gasteiger partial charge is 0.270 e. The highest BCUT2D eigenvalue weighted by Gasteiger charge is 2.15. The Morgan fingerprint density at radius 2 is 1.74 bits per heavy atom. The van der Waals surface area contributed by atoms with Crippen LogP contribution in [0.1, 0.15) is 16.7 Å². The average molecular weight is 308 g/mol. The molecule has 2 aromatic carbocycles. The minimum atomic E-state index is -0.418. The van der Waals surface area contributed by atoms with Crippen LogP contribution in [0, 0.1) is 30.9 Å². The number of nitro groups is 1. The lowest BCUT2D eigenvalue weighted by atomic mass is 9.97. The second kappa shape index (κ2) is 5.68. The molecule has 5 nitrogen and oxygen atoms in total. The lowest BCUT2D eigenvalue weighted by Gasteiger charge is -2.07. The maximum absolute atomic E-state index is 10.9. The highest BCUT2D eigenvalue weighted by Crippen LogP contribution is 2.32. The molecule has 0 spiro atoms. The molecule has 0 unspecified atom stereocenters. The van der Waals surface area contributed by atoms with E-state index in [-0.39, 0.29) is 5.69 Å². The van der Waals surface area contributed by atoms with Crippen LogP contribution in [0.25, 0.3) is 22.6 Å². The van der Waals surface area contributed by atoms with Crippen LogP contribution in [-0.2, 0) is 0 Å². The second-order valence-corrected chi connectivity index (χ2v) is 5.66. The standard InChI is InChI=1S/C18H16N2O3/c1-11-7-12(2)18(13(3)8-11)17-10-16(19-23-17)14-5-4-6-15(9-14)20(21)22/h4-10H,1-3H3. The molecule has 0 fully saturated rings. The molecule has 0 saturated carbocycles. The van der Waals surface area contributed by atoms with Gasteiger partial charge in [0.1, 0.15) is 5.69 Å². The summed E-state index contributed by atoms with van der Waals surface area (Å²) in [5.74, 6) is 0.668. The molecular weight excluding hydrogens is 292 g/mol. The van der Waals surface area contributed by atoms with E-state index < -0.39 is 4.92 Å². The van der Waals surface area contributed by atoms with Gasteiger partial charge >= 0.3 is 0 Å². The highest BCUT2D eigenvalue weighted by atomic mass is 16.6. The average Bonchev–Trinajstić information content (AvgIpc) is 2.96. The predicted octanol–water partition coefficient (Wildman–Crippen LogP) is 4.84. The maximum Gasteiger partial charge on any atom is 0.270 e. The molecule has 0 amide bonds. The summed E-state index contributed by atoms with van der Waals surface area (Å²) in [7, 11) is 0. The lowest BCUT2D eigenvalue weighted by molar-refractivity contribution is -0.384. The molecule has 0 aliphatic rings. The summed E-state index contributed by atoms with van der Waals surface area (Å²) in [6, 6.07) is 12.4. The molecule has 5 heteroatoms. The van der Waals surface area contributed by atoms with Gasteiger partial charge in [-0.2, -0.15) is 0 Å². The molecular formula is C18H16N2O3. The van der Waals surface area contributed by atoms with Crippen LogP contribution < -0.4 is 0 Å². The molecule has 116 valence electrons. The topological polar surface area (TPSA) is 69.2 Å². The zero-order valence-electron chi connectivity index (χ0n) is 13.2. The van der Waals surface area contributed by atoms with Crippen LogP contribution in [0.3, 0.4) is 0 Å². The summed E-state index contributed by atoms with van der Waals surface area (Å²) in [5.41, 5.74) is 5.73. The summed E-state index contributed by atoms with van der Waals surface area (Å²) in [6.45, 7) is 6.12. The Kier molecular flexibility index (Phi) is 3.70. The number of nitro benzene ring substituents is 1. The highest BCUT2D eigenvalue weighted by molar-refractivity contribution is 5.72. The lowest BCUT2D eigenvalue weighted by Crippen LogP contribution is -1.88. The summed E-state index contributed by atoms with van der Waals surface area (Å²) in [4.78, 5) is 10.5. The van der Waals surface area contributed by atoms with Crippen molar-refractivity contribution in [1.82, 2.24) is 5.16 Å². The molecule has 0 aliphatic heterocycles. The monoisotopic (exact) mass is 308 g/mol. The van der Waals surface area contributed by atoms with E-state index in [1.807, 2.05) is 19.9 Å². The van der Waals surface area contributed by atoms with Crippen LogP contribution >= 0.6 is 0 Å². The minimum absolute atomic E-state index is 0.0368. The van der Waals surface area contributed by atoms with Gasteiger partial charge in [-0.3, -0.25) is 10.1 Å². The maximum atomic E-state index is 10.9. The van der Waals surface area contributed by atoms with E-state index in [1.54, 1.807) is 12.1 Å². The Morgan fingerprint density at radius 3 is 2.39 bits per heavy atom. The number of benzene rings is 2. The Morgan fingerprint density at radius 1 is 1.04 bits per heavy atom. The third kappa shape index (κ3) is 2.85. The summed E-state index contributed by atoms with van der Waals surface area (Å²) >= 11 is 0. The zero-order valence-corrected chi connectivity index (χ0v) is 13.2. The number of nitrogens with zero attached hydrogens (tertiary/aromatic N) is 2. The molecule has 23 heavy (non-hydrogen) atoms. The van der Waals surface area contributed by atoms with Gasteiger partial charge in [-0.1, -0.05) is 35.0 Å². The first kappa shape index (κ1) is 15.0. The number of hydrogen-bond acceptors (Lipinski definition) is 4. The first-order valence-corrected chi connectivity index (χ1v) is 7.25. The minimum Gasteiger partial charge on any atom is -0.356 e. The van der Waals surface area contributed by atoms with Crippen molar-refractivity contribution in [2.75, 3.05) is 0 Å². The van der Waals surface area contributed by atoms with Gasteiger partial charge < -0.3 is 4.52 Å². The van der Waals surface area contributed by atoms with Crippen molar-refractivity contribution < 1.29 is 9.45 Å². The first-order chi connectivity index (χ1) is 11.0. The Balaban J connectivity index is 2.05. The van der Waals surface area contributed by atoms with Crippen molar-refractivity contribution in [1.29, 1.82) is 0 Å². The molecule has 0 bridgehead atoms. The number of aryl methyl sites for hydroxylation is 3. The van der Waals surface area contributed by atoms with Gasteiger partial charge in [0.05, 0.1) is 4.92 Å². The number of hydrogen-bond donors (Lipinski definition) is 0. The molecule has 3 aromatic rings. The van der Waals surface area contributed by atoms with Crippen LogP contribution in [0.2, 0.25) is 0 Å². The van der Waals surface area contributed by atoms with Crippen LogP contribution in [0.15, 0.2) is 47.0 Å². The fourth-order valence-corrected chi connectivity index (χ4v) is 2.88. The van der Waals surface area contributed by atoms with Gasteiger partial charge in [-0.15, -0.1) is 0 Å². The van der Waals surface area contributed by atoms with Crippen molar-refractivity contribution >= 4 is 5.69 Å². The molecule has 0 N–H and O–H groups in total. The van der Waals surface area contributed by atoms with E-state index >= 15 is 0 Å². The number of aromatic nitrogens is 1. The van der Waals surface area contributed by atoms with Crippen molar-refractivity contribution in [2.45, 2.75) is 20.8 Å². The van der Waals surface area contributed by atoms with Gasteiger partial charge in [0.25, 0.3) is 5.69 Å². The van der Waals surface area contributed by atoms with Gasteiger partial charge in [-0.25, -0.2) is 0 Å². The third-order valence-electron chi connectivity index (χ3n) is 3.79. The predicted molar refractivity (Wildman–Crippen MR) is 88.2 cm³/mol. The van der Waals surface area contributed by atoms with E-state index in [0.29, 0.717) is 17.0 Å². The van der Waals surface area contributed by atoms with Gasteiger partial charge in [-0.05, 0) is 31.9 Å². The summed E-state index contributed by atoms with van der Waals surface area (Å²) in [5, 5.41) is 15.0. The Bertz CT molecular complexity index is 874. The Hall–Kier alpha value is -2.95. The quantitative estimate of drug-likeness (QED) is 0.512. The van der Waals surface area contributed by atoms with E-state index in [9.17, 15) is 10.1 Å².